The summed E-state index contributed by atoms with van der Waals surface area (Å²) in [5.74, 6) is 1.34. The van der Waals surface area contributed by atoms with Gasteiger partial charge >= 0.3 is 0 Å². The number of hydrogen-bond acceptors (Lipinski definition) is 5. The van der Waals surface area contributed by atoms with Gasteiger partial charge in [-0.15, -0.1) is 0 Å². The minimum absolute atomic E-state index is 0.00552. The van der Waals surface area contributed by atoms with Crippen LogP contribution in [0.15, 0.2) is 48.5 Å². The fraction of sp³-hybridized carbons (Fsp3) is 0.360. The van der Waals surface area contributed by atoms with Crippen molar-refractivity contribution in [3.05, 3.63) is 59.8 Å². The Hall–Kier alpha value is -3.52. The molecule has 0 aliphatic carbocycles. The van der Waals surface area contributed by atoms with Crippen LogP contribution in [0.2, 0.25) is 0 Å². The maximum atomic E-state index is 12.9. The van der Waals surface area contributed by atoms with Gasteiger partial charge in [-0.05, 0) is 37.3 Å². The molecule has 1 unspecified atom stereocenters. The van der Waals surface area contributed by atoms with E-state index in [1.807, 2.05) is 60.4 Å². The summed E-state index contributed by atoms with van der Waals surface area (Å²) in [6, 6.07) is 15.1. The predicted octanol–water partition coefficient (Wildman–Crippen LogP) is 2.82. The first-order chi connectivity index (χ1) is 16.0. The van der Waals surface area contributed by atoms with Crippen molar-refractivity contribution in [1.82, 2.24) is 20.1 Å². The van der Waals surface area contributed by atoms with Crippen molar-refractivity contribution in [2.75, 3.05) is 46.9 Å². The molecule has 3 aromatic rings. The molecule has 2 amide bonds. The molecule has 0 saturated carbocycles. The number of para-hydroxylation sites is 1. The Morgan fingerprint density at radius 1 is 1.03 bits per heavy atom. The Morgan fingerprint density at radius 3 is 2.48 bits per heavy atom. The fourth-order valence-electron chi connectivity index (χ4n) is 4.21. The number of rotatable bonds is 7. The summed E-state index contributed by atoms with van der Waals surface area (Å²) in [6.07, 6.45) is 0. The molecule has 8 nitrogen and oxygen atoms in total. The summed E-state index contributed by atoms with van der Waals surface area (Å²) in [6.45, 7) is 4.67. The smallest absolute Gasteiger partial charge is 0.270 e. The number of amides is 2. The van der Waals surface area contributed by atoms with Crippen LogP contribution in [0, 0.1) is 0 Å². The summed E-state index contributed by atoms with van der Waals surface area (Å²) < 4.78 is 10.7. The molecule has 33 heavy (non-hydrogen) atoms. The van der Waals surface area contributed by atoms with Gasteiger partial charge in [-0.1, -0.05) is 18.2 Å². The highest BCUT2D eigenvalue weighted by Gasteiger charge is 2.25. The normalized spacial score (nSPS) is 15.3. The number of ether oxygens (including phenoxy) is 2. The molecule has 0 spiro atoms. The fourth-order valence-corrected chi connectivity index (χ4v) is 4.21. The molecule has 1 aliphatic rings. The average molecular weight is 451 g/mol. The molecular weight excluding hydrogens is 420 g/mol. The lowest BCUT2D eigenvalue weighted by Crippen LogP contribution is -2.51. The maximum absolute atomic E-state index is 12.9. The largest absolute Gasteiger partial charge is 0.497 e. The topological polar surface area (TPSA) is 86.9 Å². The van der Waals surface area contributed by atoms with E-state index in [4.69, 9.17) is 9.47 Å². The minimum Gasteiger partial charge on any atom is -0.497 e. The molecule has 1 aliphatic heterocycles. The van der Waals surface area contributed by atoms with Crippen LogP contribution in [0.3, 0.4) is 0 Å². The number of piperazine rings is 1. The van der Waals surface area contributed by atoms with Gasteiger partial charge in [-0.3, -0.25) is 14.5 Å². The third-order valence-electron chi connectivity index (χ3n) is 6.07. The van der Waals surface area contributed by atoms with E-state index in [-0.39, 0.29) is 24.4 Å². The highest BCUT2D eigenvalue weighted by Crippen LogP contribution is 2.29. The van der Waals surface area contributed by atoms with E-state index >= 15 is 0 Å². The van der Waals surface area contributed by atoms with Gasteiger partial charge in [0.15, 0.2) is 0 Å². The molecule has 1 fully saturated rings. The number of nitrogens with zero attached hydrogens (tertiary/aromatic N) is 2. The second kappa shape index (κ2) is 9.95. The molecule has 4 rings (SSSR count). The molecule has 0 bridgehead atoms. The first-order valence-corrected chi connectivity index (χ1v) is 11.1. The molecule has 2 heterocycles. The molecule has 2 N–H and O–H groups in total. The van der Waals surface area contributed by atoms with Crippen LogP contribution < -0.4 is 14.8 Å². The number of carbonyl (C=O) groups excluding carboxylic acids is 2. The number of carbonyl (C=O) groups is 2. The van der Waals surface area contributed by atoms with Crippen LogP contribution in [0.25, 0.3) is 10.9 Å². The Labute approximate surface area is 193 Å². The first kappa shape index (κ1) is 22.7. The van der Waals surface area contributed by atoms with E-state index in [0.717, 1.165) is 16.5 Å². The van der Waals surface area contributed by atoms with Crippen LogP contribution in [-0.4, -0.2) is 73.5 Å². The monoisotopic (exact) mass is 450 g/mol. The predicted molar refractivity (Wildman–Crippen MR) is 127 cm³/mol. The van der Waals surface area contributed by atoms with E-state index in [0.29, 0.717) is 43.4 Å². The van der Waals surface area contributed by atoms with Crippen molar-refractivity contribution in [2.45, 2.75) is 13.0 Å². The van der Waals surface area contributed by atoms with E-state index in [9.17, 15) is 9.59 Å². The van der Waals surface area contributed by atoms with Crippen molar-refractivity contribution in [2.24, 2.45) is 0 Å². The van der Waals surface area contributed by atoms with Crippen LogP contribution in [0.5, 0.6) is 11.5 Å². The van der Waals surface area contributed by atoms with Crippen molar-refractivity contribution in [3.8, 4) is 11.5 Å². The van der Waals surface area contributed by atoms with Crippen LogP contribution in [0.1, 0.15) is 29.0 Å². The summed E-state index contributed by atoms with van der Waals surface area (Å²) >= 11 is 0. The number of fused-ring (bicyclic) bond motifs is 1. The summed E-state index contributed by atoms with van der Waals surface area (Å²) in [7, 11) is 3.22. The third-order valence-corrected chi connectivity index (χ3v) is 6.07. The molecule has 174 valence electrons. The molecule has 8 heteroatoms. The molecule has 1 aromatic heterocycles. The maximum Gasteiger partial charge on any atom is 0.270 e. The van der Waals surface area contributed by atoms with Gasteiger partial charge in [-0.2, -0.15) is 0 Å². The number of methoxy groups -OCH3 is 2. The zero-order chi connectivity index (χ0) is 23.4. The lowest BCUT2D eigenvalue weighted by atomic mass is 10.1. The molecular formula is C25H30N4O4. The zero-order valence-electron chi connectivity index (χ0n) is 19.3. The highest BCUT2D eigenvalue weighted by atomic mass is 16.5. The van der Waals surface area contributed by atoms with E-state index in [1.165, 1.54) is 0 Å². The van der Waals surface area contributed by atoms with Gasteiger partial charge in [0, 0.05) is 42.6 Å². The summed E-state index contributed by atoms with van der Waals surface area (Å²) in [4.78, 5) is 32.7. The second-order valence-corrected chi connectivity index (χ2v) is 8.24. The van der Waals surface area contributed by atoms with Gasteiger partial charge in [0.25, 0.3) is 5.91 Å². The lowest BCUT2D eigenvalue weighted by molar-refractivity contribution is -0.123. The van der Waals surface area contributed by atoms with Gasteiger partial charge < -0.3 is 24.7 Å². The summed E-state index contributed by atoms with van der Waals surface area (Å²) in [5, 5.41) is 4.07. The van der Waals surface area contributed by atoms with Gasteiger partial charge in [-0.25, -0.2) is 0 Å². The number of H-pyrrole nitrogens is 1. The SMILES string of the molecule is COc1ccc(OC)c(C(C)NC(=O)CN2CCN(C(=O)c3cc4ccccc4[nH]3)CC2)c1. The second-order valence-electron chi connectivity index (χ2n) is 8.24. The molecule has 1 atom stereocenters. The van der Waals surface area contributed by atoms with Crippen molar-refractivity contribution in [3.63, 3.8) is 0 Å². The summed E-state index contributed by atoms with van der Waals surface area (Å²) in [5.41, 5.74) is 2.42. The van der Waals surface area contributed by atoms with E-state index < -0.39 is 0 Å². The number of aromatic amines is 1. The van der Waals surface area contributed by atoms with Gasteiger partial charge in [0.2, 0.25) is 5.91 Å². The first-order valence-electron chi connectivity index (χ1n) is 11.1. The van der Waals surface area contributed by atoms with E-state index in [2.05, 4.69) is 15.2 Å². The molecule has 1 saturated heterocycles. The van der Waals surface area contributed by atoms with Crippen molar-refractivity contribution in [1.29, 1.82) is 0 Å². The van der Waals surface area contributed by atoms with Crippen LogP contribution >= 0.6 is 0 Å². The lowest BCUT2D eigenvalue weighted by Gasteiger charge is -2.34. The zero-order valence-corrected chi connectivity index (χ0v) is 19.3. The highest BCUT2D eigenvalue weighted by molar-refractivity contribution is 5.98. The number of nitrogens with one attached hydrogen (secondary N) is 2. The van der Waals surface area contributed by atoms with Crippen LogP contribution in [-0.2, 0) is 4.79 Å². The standard InChI is InChI=1S/C25H30N4O4/c1-17(20-15-19(32-2)8-9-23(20)33-3)26-24(30)16-28-10-12-29(13-11-28)25(31)22-14-18-6-4-5-7-21(18)27-22/h4-9,14-15,17,27H,10-13,16H2,1-3H3,(H,26,30). The van der Waals surface area contributed by atoms with Gasteiger partial charge in [0.1, 0.15) is 17.2 Å². The van der Waals surface area contributed by atoms with Crippen LogP contribution in [0.4, 0.5) is 0 Å². The average Bonchev–Trinajstić information content (AvgIpc) is 3.28. The van der Waals surface area contributed by atoms with Crippen molar-refractivity contribution >= 4 is 22.7 Å². The number of aromatic nitrogens is 1. The van der Waals surface area contributed by atoms with E-state index in [1.54, 1.807) is 14.2 Å². The number of benzene rings is 2. The van der Waals surface area contributed by atoms with Crippen molar-refractivity contribution < 1.29 is 19.1 Å². The third kappa shape index (κ3) is 5.12. The van der Waals surface area contributed by atoms with Gasteiger partial charge in [0.05, 0.1) is 26.8 Å². The molecule has 2 aromatic carbocycles. The Bertz CT molecular complexity index is 1100. The quantitative estimate of drug-likeness (QED) is 0.578. The Balaban J connectivity index is 1.30. The Morgan fingerprint density at radius 2 is 1.79 bits per heavy atom. The molecule has 0 radical (unpaired) electrons. The minimum atomic E-state index is -0.229. The number of hydrogen-bond donors (Lipinski definition) is 2. The Kier molecular flexibility index (Phi) is 6.84.